The lowest BCUT2D eigenvalue weighted by Gasteiger charge is -2.34. The van der Waals surface area contributed by atoms with Crippen LogP contribution < -0.4 is 4.90 Å². The molecule has 0 fully saturated rings. The summed E-state index contributed by atoms with van der Waals surface area (Å²) in [5, 5.41) is 9.19. The molecule has 1 aromatic rings. The first kappa shape index (κ1) is 15.5. The third kappa shape index (κ3) is 3.70. The van der Waals surface area contributed by atoms with Crippen molar-refractivity contribution in [3.8, 4) is 6.07 Å². The summed E-state index contributed by atoms with van der Waals surface area (Å²) in [4.78, 5) is 2.19. The lowest BCUT2D eigenvalue weighted by molar-refractivity contribution is 0.505. The van der Waals surface area contributed by atoms with E-state index in [-0.39, 0.29) is 5.56 Å². The molecule has 0 saturated carbocycles. The molecule has 104 valence electrons. The normalized spacial score (nSPS) is 10.8. The van der Waals surface area contributed by atoms with Crippen LogP contribution in [0.25, 0.3) is 0 Å². The number of hydrogen-bond donors (Lipinski definition) is 0. The van der Waals surface area contributed by atoms with Crippen LogP contribution in [0.3, 0.4) is 0 Å². The highest BCUT2D eigenvalue weighted by Gasteiger charge is 2.21. The van der Waals surface area contributed by atoms with Crippen LogP contribution in [0.15, 0.2) is 18.2 Å². The Bertz CT molecular complexity index is 445. The SMILES string of the molecule is CCC(CC)N(CC(C)C)c1cccc(F)c1C#N. The van der Waals surface area contributed by atoms with Crippen molar-refractivity contribution in [3.05, 3.63) is 29.6 Å². The Hall–Kier alpha value is -1.56. The number of rotatable bonds is 6. The van der Waals surface area contributed by atoms with Crippen molar-refractivity contribution in [1.29, 1.82) is 5.26 Å². The van der Waals surface area contributed by atoms with E-state index in [1.54, 1.807) is 6.07 Å². The number of anilines is 1. The summed E-state index contributed by atoms with van der Waals surface area (Å²) in [7, 11) is 0. The molecule has 0 saturated heterocycles. The van der Waals surface area contributed by atoms with Gasteiger partial charge in [-0.3, -0.25) is 0 Å². The van der Waals surface area contributed by atoms with Crippen LogP contribution in [0.4, 0.5) is 10.1 Å². The lowest BCUT2D eigenvalue weighted by Crippen LogP contribution is -2.38. The zero-order valence-corrected chi connectivity index (χ0v) is 12.3. The maximum Gasteiger partial charge on any atom is 0.143 e. The average molecular weight is 262 g/mol. The second-order valence-corrected chi connectivity index (χ2v) is 5.26. The molecular weight excluding hydrogens is 239 g/mol. The maximum absolute atomic E-state index is 13.8. The molecule has 0 aromatic heterocycles. The lowest BCUT2D eigenvalue weighted by atomic mass is 10.0. The minimum Gasteiger partial charge on any atom is -0.367 e. The first-order chi connectivity index (χ1) is 9.04. The van der Waals surface area contributed by atoms with Gasteiger partial charge in [0.2, 0.25) is 0 Å². The van der Waals surface area contributed by atoms with Crippen molar-refractivity contribution in [3.63, 3.8) is 0 Å². The fourth-order valence-corrected chi connectivity index (χ4v) is 2.43. The molecule has 0 bridgehead atoms. The molecule has 0 aliphatic rings. The average Bonchev–Trinajstić information content (AvgIpc) is 2.38. The molecule has 0 heterocycles. The first-order valence-electron chi connectivity index (χ1n) is 7.00. The zero-order chi connectivity index (χ0) is 14.4. The Balaban J connectivity index is 3.25. The molecule has 0 radical (unpaired) electrons. The van der Waals surface area contributed by atoms with E-state index in [1.807, 2.05) is 12.1 Å². The fraction of sp³-hybridized carbons (Fsp3) is 0.562. The maximum atomic E-state index is 13.8. The second-order valence-electron chi connectivity index (χ2n) is 5.26. The summed E-state index contributed by atoms with van der Waals surface area (Å²) in [6.45, 7) is 9.38. The van der Waals surface area contributed by atoms with Crippen molar-refractivity contribution in [2.45, 2.75) is 46.6 Å². The van der Waals surface area contributed by atoms with E-state index >= 15 is 0 Å². The molecule has 1 aromatic carbocycles. The highest BCUT2D eigenvalue weighted by atomic mass is 19.1. The van der Waals surface area contributed by atoms with Crippen molar-refractivity contribution in [1.82, 2.24) is 0 Å². The van der Waals surface area contributed by atoms with Crippen LogP contribution in [-0.2, 0) is 0 Å². The Labute approximate surface area is 115 Å². The molecule has 0 N–H and O–H groups in total. The predicted octanol–water partition coefficient (Wildman–Crippen LogP) is 4.35. The molecule has 1 rings (SSSR count). The third-order valence-electron chi connectivity index (χ3n) is 3.36. The van der Waals surface area contributed by atoms with E-state index in [0.717, 1.165) is 25.1 Å². The van der Waals surface area contributed by atoms with Gasteiger partial charge in [0.1, 0.15) is 17.4 Å². The predicted molar refractivity (Wildman–Crippen MR) is 77.7 cm³/mol. The van der Waals surface area contributed by atoms with E-state index in [0.29, 0.717) is 12.0 Å². The number of halogens is 1. The molecular formula is C16H23FN2. The Kier molecular flexibility index (Phi) is 5.82. The topological polar surface area (TPSA) is 27.0 Å². The molecule has 2 nitrogen and oxygen atoms in total. The van der Waals surface area contributed by atoms with Gasteiger partial charge in [-0.15, -0.1) is 0 Å². The molecule has 3 heteroatoms. The van der Waals surface area contributed by atoms with Gasteiger partial charge in [0.15, 0.2) is 0 Å². The quantitative estimate of drug-likeness (QED) is 0.762. The van der Waals surface area contributed by atoms with Crippen LogP contribution in [0.5, 0.6) is 0 Å². The number of benzene rings is 1. The first-order valence-corrected chi connectivity index (χ1v) is 7.00. The van der Waals surface area contributed by atoms with E-state index in [2.05, 4.69) is 32.6 Å². The molecule has 0 aliphatic carbocycles. The zero-order valence-electron chi connectivity index (χ0n) is 12.3. The standard InChI is InChI=1S/C16H23FN2/c1-5-13(6-2)19(11-12(3)4)16-9-7-8-15(17)14(16)10-18/h7-9,12-13H,5-6,11H2,1-4H3. The van der Waals surface area contributed by atoms with Gasteiger partial charge in [-0.25, -0.2) is 4.39 Å². The van der Waals surface area contributed by atoms with Gasteiger partial charge in [-0.1, -0.05) is 33.8 Å². The van der Waals surface area contributed by atoms with Gasteiger partial charge in [0.05, 0.1) is 5.69 Å². The van der Waals surface area contributed by atoms with Gasteiger partial charge in [-0.05, 0) is 30.9 Å². The molecule has 19 heavy (non-hydrogen) atoms. The van der Waals surface area contributed by atoms with Gasteiger partial charge in [0, 0.05) is 12.6 Å². The Morgan fingerprint density at radius 3 is 2.37 bits per heavy atom. The summed E-state index contributed by atoms with van der Waals surface area (Å²) in [5.74, 6) is 0.0372. The summed E-state index contributed by atoms with van der Waals surface area (Å²) < 4.78 is 13.8. The summed E-state index contributed by atoms with van der Waals surface area (Å²) in [6, 6.07) is 7.23. The smallest absolute Gasteiger partial charge is 0.143 e. The van der Waals surface area contributed by atoms with Crippen molar-refractivity contribution in [2.24, 2.45) is 5.92 Å². The van der Waals surface area contributed by atoms with Crippen molar-refractivity contribution >= 4 is 5.69 Å². The fourth-order valence-electron chi connectivity index (χ4n) is 2.43. The second kappa shape index (κ2) is 7.13. The third-order valence-corrected chi connectivity index (χ3v) is 3.36. The van der Waals surface area contributed by atoms with Crippen molar-refractivity contribution < 1.29 is 4.39 Å². The van der Waals surface area contributed by atoms with Crippen LogP contribution >= 0.6 is 0 Å². The van der Waals surface area contributed by atoms with Gasteiger partial charge in [-0.2, -0.15) is 5.26 Å². The molecule has 0 atom stereocenters. The Morgan fingerprint density at radius 1 is 1.26 bits per heavy atom. The number of hydrogen-bond acceptors (Lipinski definition) is 2. The van der Waals surface area contributed by atoms with Crippen molar-refractivity contribution in [2.75, 3.05) is 11.4 Å². The summed E-state index contributed by atoms with van der Waals surface area (Å²) >= 11 is 0. The molecule has 0 aliphatic heterocycles. The Morgan fingerprint density at radius 2 is 1.89 bits per heavy atom. The monoisotopic (exact) mass is 262 g/mol. The minimum atomic E-state index is -0.431. The summed E-state index contributed by atoms with van der Waals surface area (Å²) in [5.41, 5.74) is 0.889. The highest BCUT2D eigenvalue weighted by Crippen LogP contribution is 2.27. The summed E-state index contributed by atoms with van der Waals surface area (Å²) in [6.07, 6.45) is 1.98. The van der Waals surface area contributed by atoms with Crippen LogP contribution in [0, 0.1) is 23.1 Å². The van der Waals surface area contributed by atoms with Gasteiger partial charge >= 0.3 is 0 Å². The van der Waals surface area contributed by atoms with E-state index in [9.17, 15) is 9.65 Å². The molecule has 0 amide bonds. The van der Waals surface area contributed by atoms with Crippen LogP contribution in [0.1, 0.15) is 46.1 Å². The minimum absolute atomic E-state index is 0.162. The van der Waals surface area contributed by atoms with E-state index in [4.69, 9.17) is 0 Å². The number of nitrogens with zero attached hydrogens (tertiary/aromatic N) is 2. The number of nitriles is 1. The van der Waals surface area contributed by atoms with E-state index < -0.39 is 5.82 Å². The molecule has 0 spiro atoms. The van der Waals surface area contributed by atoms with Crippen LogP contribution in [0.2, 0.25) is 0 Å². The van der Waals surface area contributed by atoms with Gasteiger partial charge < -0.3 is 4.90 Å². The largest absolute Gasteiger partial charge is 0.367 e. The highest BCUT2D eigenvalue weighted by molar-refractivity contribution is 5.60. The molecule has 0 unspecified atom stereocenters. The van der Waals surface area contributed by atoms with Crippen LogP contribution in [-0.4, -0.2) is 12.6 Å². The van der Waals surface area contributed by atoms with E-state index in [1.165, 1.54) is 6.07 Å². The van der Waals surface area contributed by atoms with Gasteiger partial charge in [0.25, 0.3) is 0 Å².